The first-order chi connectivity index (χ1) is 8.13. The Morgan fingerprint density at radius 3 is 2.65 bits per heavy atom. The molecule has 1 fully saturated rings. The van der Waals surface area contributed by atoms with Crippen LogP contribution in [0.4, 0.5) is 0 Å². The lowest BCUT2D eigenvalue weighted by Crippen LogP contribution is -2.27. The smallest absolute Gasteiger partial charge is 0.0454 e. The van der Waals surface area contributed by atoms with Gasteiger partial charge in [0.15, 0.2) is 0 Å². The normalized spacial score (nSPS) is 26.1. The number of hydrogen-bond acceptors (Lipinski definition) is 1. The zero-order valence-electron chi connectivity index (χ0n) is 10.3. The second-order valence-corrected chi connectivity index (χ2v) is 5.85. The van der Waals surface area contributed by atoms with Crippen LogP contribution in [0.15, 0.2) is 18.2 Å². The summed E-state index contributed by atoms with van der Waals surface area (Å²) >= 11 is 12.4. The van der Waals surface area contributed by atoms with Crippen LogP contribution in [0.2, 0.25) is 10.0 Å². The zero-order valence-corrected chi connectivity index (χ0v) is 11.9. The molecule has 1 nitrogen and oxygen atoms in total. The van der Waals surface area contributed by atoms with Crippen molar-refractivity contribution in [2.45, 2.75) is 32.2 Å². The monoisotopic (exact) mass is 271 g/mol. The minimum atomic E-state index is 0.318. The van der Waals surface area contributed by atoms with E-state index in [1.165, 1.54) is 19.3 Å². The Morgan fingerprint density at radius 2 is 2.06 bits per heavy atom. The summed E-state index contributed by atoms with van der Waals surface area (Å²) in [5, 5.41) is 4.99. The Morgan fingerprint density at radius 1 is 1.29 bits per heavy atom. The van der Waals surface area contributed by atoms with Gasteiger partial charge in [-0.25, -0.2) is 0 Å². The number of benzene rings is 1. The molecule has 0 amide bonds. The summed E-state index contributed by atoms with van der Waals surface area (Å²) < 4.78 is 0. The third-order valence-electron chi connectivity index (χ3n) is 3.96. The Hall–Kier alpha value is -0.240. The highest BCUT2D eigenvalue weighted by atomic mass is 35.5. The lowest BCUT2D eigenvalue weighted by molar-refractivity contribution is 0.315. The molecule has 0 aromatic heterocycles. The Labute approximate surface area is 114 Å². The van der Waals surface area contributed by atoms with Gasteiger partial charge < -0.3 is 5.32 Å². The molecule has 1 aliphatic carbocycles. The molecule has 0 aliphatic heterocycles. The summed E-state index contributed by atoms with van der Waals surface area (Å²) in [6, 6.07) is 6.05. The maximum absolute atomic E-state index is 6.30. The highest BCUT2D eigenvalue weighted by molar-refractivity contribution is 6.33. The van der Waals surface area contributed by atoms with Crippen LogP contribution in [0.5, 0.6) is 0 Å². The van der Waals surface area contributed by atoms with Gasteiger partial charge in [0.2, 0.25) is 0 Å². The van der Waals surface area contributed by atoms with E-state index in [9.17, 15) is 0 Å². The zero-order chi connectivity index (χ0) is 12.4. The van der Waals surface area contributed by atoms with Gasteiger partial charge in [0, 0.05) is 16.1 Å². The van der Waals surface area contributed by atoms with Gasteiger partial charge in [0.1, 0.15) is 0 Å². The van der Waals surface area contributed by atoms with Crippen molar-refractivity contribution in [2.75, 3.05) is 7.05 Å². The van der Waals surface area contributed by atoms with Gasteiger partial charge in [-0.05, 0) is 49.1 Å². The van der Waals surface area contributed by atoms with Crippen molar-refractivity contribution >= 4 is 23.2 Å². The fraction of sp³-hybridized carbons (Fsp3) is 0.571. The van der Waals surface area contributed by atoms with Crippen molar-refractivity contribution in [3.8, 4) is 0 Å². The Bertz CT molecular complexity index is 392. The minimum absolute atomic E-state index is 0.318. The third-order valence-corrected chi connectivity index (χ3v) is 4.54. The molecule has 1 aromatic rings. The third kappa shape index (κ3) is 2.78. The quantitative estimate of drug-likeness (QED) is 0.841. The highest BCUT2D eigenvalue weighted by Gasteiger charge is 2.31. The van der Waals surface area contributed by atoms with Gasteiger partial charge >= 0.3 is 0 Å². The van der Waals surface area contributed by atoms with E-state index in [-0.39, 0.29) is 0 Å². The molecule has 94 valence electrons. The van der Waals surface area contributed by atoms with Crippen LogP contribution in [0, 0.1) is 11.8 Å². The SMILES string of the molecule is CNC(c1cc(Cl)ccc1Cl)C1CCCC1C. The highest BCUT2D eigenvalue weighted by Crippen LogP contribution is 2.42. The number of nitrogens with one attached hydrogen (secondary N) is 1. The summed E-state index contributed by atoms with van der Waals surface area (Å²) in [7, 11) is 2.01. The van der Waals surface area contributed by atoms with E-state index in [0.29, 0.717) is 12.0 Å². The van der Waals surface area contributed by atoms with Gasteiger partial charge in [-0.15, -0.1) is 0 Å². The number of halogens is 2. The standard InChI is InChI=1S/C14H19Cl2N/c1-9-4-3-5-11(9)14(17-2)12-8-10(15)6-7-13(12)16/h6-9,11,14,17H,3-5H2,1-2H3. The summed E-state index contributed by atoms with van der Waals surface area (Å²) in [4.78, 5) is 0. The molecule has 1 saturated carbocycles. The average Bonchev–Trinajstić information content (AvgIpc) is 2.71. The van der Waals surface area contributed by atoms with E-state index in [1.54, 1.807) is 0 Å². The fourth-order valence-corrected chi connectivity index (χ4v) is 3.44. The van der Waals surface area contributed by atoms with Crippen molar-refractivity contribution in [3.63, 3.8) is 0 Å². The molecule has 0 bridgehead atoms. The maximum Gasteiger partial charge on any atom is 0.0454 e. The van der Waals surface area contributed by atoms with Gasteiger partial charge in [-0.3, -0.25) is 0 Å². The lowest BCUT2D eigenvalue weighted by atomic mass is 9.86. The molecule has 0 spiro atoms. The topological polar surface area (TPSA) is 12.0 Å². The largest absolute Gasteiger partial charge is 0.313 e. The molecule has 0 heterocycles. The molecule has 1 aromatic carbocycles. The Balaban J connectivity index is 2.31. The van der Waals surface area contributed by atoms with E-state index in [4.69, 9.17) is 23.2 Å². The van der Waals surface area contributed by atoms with E-state index < -0.39 is 0 Å². The van der Waals surface area contributed by atoms with Crippen molar-refractivity contribution in [3.05, 3.63) is 33.8 Å². The van der Waals surface area contributed by atoms with Gasteiger partial charge in [-0.2, -0.15) is 0 Å². The molecular formula is C14H19Cl2N. The van der Waals surface area contributed by atoms with Crippen LogP contribution in [-0.4, -0.2) is 7.05 Å². The van der Waals surface area contributed by atoms with Crippen molar-refractivity contribution < 1.29 is 0 Å². The number of rotatable bonds is 3. The summed E-state index contributed by atoms with van der Waals surface area (Å²) in [6.45, 7) is 2.33. The van der Waals surface area contributed by atoms with Crippen LogP contribution < -0.4 is 5.32 Å². The first-order valence-corrected chi connectivity index (χ1v) is 7.01. The van der Waals surface area contributed by atoms with Crippen molar-refractivity contribution in [2.24, 2.45) is 11.8 Å². The molecule has 3 heteroatoms. The molecule has 0 radical (unpaired) electrons. The molecule has 0 saturated heterocycles. The van der Waals surface area contributed by atoms with Crippen LogP contribution in [0.1, 0.15) is 37.8 Å². The van der Waals surface area contributed by atoms with Crippen LogP contribution in [-0.2, 0) is 0 Å². The summed E-state index contributed by atoms with van der Waals surface area (Å²) in [5.74, 6) is 1.42. The lowest BCUT2D eigenvalue weighted by Gasteiger charge is -2.28. The minimum Gasteiger partial charge on any atom is -0.313 e. The average molecular weight is 272 g/mol. The molecule has 3 unspecified atom stereocenters. The van der Waals surface area contributed by atoms with E-state index in [0.717, 1.165) is 21.5 Å². The second kappa shape index (κ2) is 5.60. The van der Waals surface area contributed by atoms with Crippen molar-refractivity contribution in [1.29, 1.82) is 0 Å². The molecule has 3 atom stereocenters. The first kappa shape index (κ1) is 13.2. The van der Waals surface area contributed by atoms with Crippen LogP contribution in [0.25, 0.3) is 0 Å². The molecule has 1 aliphatic rings. The summed E-state index contributed by atoms with van der Waals surface area (Å²) in [5.41, 5.74) is 1.14. The van der Waals surface area contributed by atoms with E-state index >= 15 is 0 Å². The fourth-order valence-electron chi connectivity index (χ4n) is 3.02. The summed E-state index contributed by atoms with van der Waals surface area (Å²) in [6.07, 6.45) is 3.92. The predicted molar refractivity (Wildman–Crippen MR) is 74.8 cm³/mol. The molecule has 17 heavy (non-hydrogen) atoms. The van der Waals surface area contributed by atoms with Crippen LogP contribution in [0.3, 0.4) is 0 Å². The number of hydrogen-bond donors (Lipinski definition) is 1. The van der Waals surface area contributed by atoms with E-state index in [1.807, 2.05) is 25.2 Å². The molecular weight excluding hydrogens is 253 g/mol. The van der Waals surface area contributed by atoms with Gasteiger partial charge in [-0.1, -0.05) is 43.0 Å². The predicted octanol–water partition coefficient (Wildman–Crippen LogP) is 4.69. The van der Waals surface area contributed by atoms with Gasteiger partial charge in [0.05, 0.1) is 0 Å². The molecule has 2 rings (SSSR count). The van der Waals surface area contributed by atoms with Crippen molar-refractivity contribution in [1.82, 2.24) is 5.32 Å². The van der Waals surface area contributed by atoms with Gasteiger partial charge in [0.25, 0.3) is 0 Å². The first-order valence-electron chi connectivity index (χ1n) is 6.25. The Kier molecular flexibility index (Phi) is 4.35. The van der Waals surface area contributed by atoms with Crippen LogP contribution >= 0.6 is 23.2 Å². The van der Waals surface area contributed by atoms with E-state index in [2.05, 4.69) is 12.2 Å². The molecule has 1 N–H and O–H groups in total. The second-order valence-electron chi connectivity index (χ2n) is 5.00. The maximum atomic E-state index is 6.30.